The number of aliphatic hydroxyl groups excluding tert-OH is 1. The van der Waals surface area contributed by atoms with Gasteiger partial charge in [-0.2, -0.15) is 0 Å². The third-order valence-corrected chi connectivity index (χ3v) is 3.50. The van der Waals surface area contributed by atoms with Gasteiger partial charge in [0, 0.05) is 32.8 Å². The second-order valence-electron chi connectivity index (χ2n) is 4.79. The van der Waals surface area contributed by atoms with Crippen molar-refractivity contribution in [3.05, 3.63) is 0 Å². The second-order valence-corrected chi connectivity index (χ2v) is 4.79. The predicted octanol–water partition coefficient (Wildman–Crippen LogP) is -0.322. The number of rotatable bonds is 4. The first-order chi connectivity index (χ1) is 7.29. The van der Waals surface area contributed by atoms with E-state index in [9.17, 15) is 5.11 Å². The van der Waals surface area contributed by atoms with Crippen LogP contribution in [0.2, 0.25) is 0 Å². The Morgan fingerprint density at radius 1 is 1.53 bits per heavy atom. The van der Waals surface area contributed by atoms with Crippen LogP contribution < -0.4 is 5.32 Å². The summed E-state index contributed by atoms with van der Waals surface area (Å²) in [6.45, 7) is 4.58. The van der Waals surface area contributed by atoms with Gasteiger partial charge in [-0.1, -0.05) is 0 Å². The van der Waals surface area contributed by atoms with E-state index in [4.69, 9.17) is 4.74 Å². The van der Waals surface area contributed by atoms with Crippen LogP contribution >= 0.6 is 0 Å². The zero-order chi connectivity index (χ0) is 10.7. The minimum Gasteiger partial charge on any atom is -0.389 e. The minimum absolute atomic E-state index is 0.338. The molecule has 3 atom stereocenters. The van der Waals surface area contributed by atoms with Crippen LogP contribution in [0.1, 0.15) is 12.8 Å². The van der Waals surface area contributed by atoms with Gasteiger partial charge in [0.05, 0.1) is 12.7 Å². The van der Waals surface area contributed by atoms with E-state index in [0.29, 0.717) is 12.6 Å². The maximum Gasteiger partial charge on any atom is 0.0900 e. The second kappa shape index (κ2) is 5.25. The molecule has 15 heavy (non-hydrogen) atoms. The van der Waals surface area contributed by atoms with Crippen LogP contribution in [0.4, 0.5) is 0 Å². The molecule has 2 aliphatic rings. The van der Waals surface area contributed by atoms with E-state index in [2.05, 4.69) is 10.2 Å². The molecule has 2 N–H and O–H groups in total. The van der Waals surface area contributed by atoms with Crippen LogP contribution in [-0.2, 0) is 4.74 Å². The van der Waals surface area contributed by atoms with Crippen LogP contribution in [0, 0.1) is 5.92 Å². The van der Waals surface area contributed by atoms with Crippen molar-refractivity contribution in [2.24, 2.45) is 5.92 Å². The Balaban J connectivity index is 1.76. The summed E-state index contributed by atoms with van der Waals surface area (Å²) in [5.41, 5.74) is 0. The number of aliphatic hydroxyl groups is 1. The molecule has 0 aromatic carbocycles. The number of likely N-dealkylation sites (tertiary alicyclic amines) is 1. The Morgan fingerprint density at radius 2 is 2.40 bits per heavy atom. The lowest BCUT2D eigenvalue weighted by Crippen LogP contribution is -2.41. The smallest absolute Gasteiger partial charge is 0.0900 e. The number of piperidine rings is 1. The van der Waals surface area contributed by atoms with E-state index in [1.165, 1.54) is 12.8 Å². The number of ether oxygens (including phenoxy) is 1. The summed E-state index contributed by atoms with van der Waals surface area (Å²) in [6.07, 6.45) is 2.31. The zero-order valence-corrected chi connectivity index (χ0v) is 9.48. The first kappa shape index (κ1) is 11.3. The van der Waals surface area contributed by atoms with Crippen LogP contribution in [-0.4, -0.2) is 62.0 Å². The Labute approximate surface area is 91.6 Å². The SMILES string of the molecule is COCC(O)CN1C[C@@H]2CCCN[C@@H]2C1. The van der Waals surface area contributed by atoms with Crippen molar-refractivity contribution >= 4 is 0 Å². The van der Waals surface area contributed by atoms with E-state index in [0.717, 1.165) is 32.1 Å². The lowest BCUT2D eigenvalue weighted by molar-refractivity contribution is 0.0419. The van der Waals surface area contributed by atoms with Crippen LogP contribution in [0.25, 0.3) is 0 Å². The Morgan fingerprint density at radius 3 is 3.13 bits per heavy atom. The molecule has 0 saturated carbocycles. The van der Waals surface area contributed by atoms with E-state index in [1.54, 1.807) is 7.11 Å². The standard InChI is InChI=1S/C11H22N2O2/c1-15-8-10(14)6-13-5-9-3-2-4-12-11(9)7-13/h9-12,14H,2-8H2,1H3/t9-,10?,11+/m0/s1. The van der Waals surface area contributed by atoms with E-state index in [1.807, 2.05) is 0 Å². The third kappa shape index (κ3) is 2.91. The predicted molar refractivity (Wildman–Crippen MR) is 58.8 cm³/mol. The van der Waals surface area contributed by atoms with Crippen molar-refractivity contribution in [2.75, 3.05) is 39.9 Å². The molecule has 0 radical (unpaired) electrons. The summed E-state index contributed by atoms with van der Waals surface area (Å²) >= 11 is 0. The highest BCUT2D eigenvalue weighted by Crippen LogP contribution is 2.24. The molecular weight excluding hydrogens is 192 g/mol. The number of methoxy groups -OCH3 is 1. The topological polar surface area (TPSA) is 44.7 Å². The molecule has 1 unspecified atom stereocenters. The number of fused-ring (bicyclic) bond motifs is 1. The number of nitrogens with zero attached hydrogens (tertiary/aromatic N) is 1. The fraction of sp³-hybridized carbons (Fsp3) is 1.00. The number of hydrogen-bond donors (Lipinski definition) is 2. The van der Waals surface area contributed by atoms with Gasteiger partial charge in [-0.15, -0.1) is 0 Å². The lowest BCUT2D eigenvalue weighted by Gasteiger charge is -2.24. The summed E-state index contributed by atoms with van der Waals surface area (Å²) in [5, 5.41) is 13.2. The maximum atomic E-state index is 9.66. The van der Waals surface area contributed by atoms with Gasteiger partial charge in [0.1, 0.15) is 0 Å². The molecule has 2 aliphatic heterocycles. The highest BCUT2D eigenvalue weighted by atomic mass is 16.5. The van der Waals surface area contributed by atoms with E-state index in [-0.39, 0.29) is 6.10 Å². The Hall–Kier alpha value is -0.160. The minimum atomic E-state index is -0.338. The van der Waals surface area contributed by atoms with Gasteiger partial charge in [-0.25, -0.2) is 0 Å². The Kier molecular flexibility index (Phi) is 3.97. The van der Waals surface area contributed by atoms with Gasteiger partial charge in [0.15, 0.2) is 0 Å². The molecule has 2 heterocycles. The van der Waals surface area contributed by atoms with Crippen molar-refractivity contribution in [2.45, 2.75) is 25.0 Å². The van der Waals surface area contributed by atoms with E-state index >= 15 is 0 Å². The molecule has 2 rings (SSSR count). The number of β-amino-alcohol motifs (C(OH)–C–C–N with tert-alkyl or cyclic N) is 1. The summed E-state index contributed by atoms with van der Waals surface area (Å²) in [6, 6.07) is 0.661. The fourth-order valence-corrected chi connectivity index (χ4v) is 2.83. The molecule has 0 aliphatic carbocycles. The van der Waals surface area contributed by atoms with Crippen LogP contribution in [0.15, 0.2) is 0 Å². The largest absolute Gasteiger partial charge is 0.389 e. The van der Waals surface area contributed by atoms with Gasteiger partial charge in [-0.3, -0.25) is 4.90 Å². The van der Waals surface area contributed by atoms with Gasteiger partial charge in [0.25, 0.3) is 0 Å². The van der Waals surface area contributed by atoms with Gasteiger partial charge >= 0.3 is 0 Å². The first-order valence-corrected chi connectivity index (χ1v) is 5.92. The number of nitrogens with one attached hydrogen (secondary N) is 1. The van der Waals surface area contributed by atoms with E-state index < -0.39 is 0 Å². The average molecular weight is 214 g/mol. The van der Waals surface area contributed by atoms with Crippen molar-refractivity contribution in [1.82, 2.24) is 10.2 Å². The van der Waals surface area contributed by atoms with Crippen LogP contribution in [0.3, 0.4) is 0 Å². The molecule has 4 nitrogen and oxygen atoms in total. The molecular formula is C11H22N2O2. The van der Waals surface area contributed by atoms with Gasteiger partial charge in [-0.05, 0) is 25.3 Å². The normalized spacial score (nSPS) is 34.0. The van der Waals surface area contributed by atoms with Crippen molar-refractivity contribution in [3.8, 4) is 0 Å². The molecule has 0 bridgehead atoms. The summed E-state index contributed by atoms with van der Waals surface area (Å²) in [7, 11) is 1.63. The highest BCUT2D eigenvalue weighted by molar-refractivity contribution is 4.92. The Bertz CT molecular complexity index is 187. The average Bonchev–Trinajstić information content (AvgIpc) is 2.59. The molecule has 88 valence electrons. The maximum absolute atomic E-state index is 9.66. The third-order valence-electron chi connectivity index (χ3n) is 3.50. The first-order valence-electron chi connectivity index (χ1n) is 5.92. The molecule has 0 aromatic rings. The summed E-state index contributed by atoms with van der Waals surface area (Å²) in [4.78, 5) is 2.36. The van der Waals surface area contributed by atoms with Gasteiger partial charge in [0.2, 0.25) is 0 Å². The molecule has 4 heteroatoms. The van der Waals surface area contributed by atoms with Crippen LogP contribution in [0.5, 0.6) is 0 Å². The highest BCUT2D eigenvalue weighted by Gasteiger charge is 2.34. The summed E-state index contributed by atoms with van der Waals surface area (Å²) < 4.78 is 4.94. The molecule has 2 fully saturated rings. The molecule has 0 aromatic heterocycles. The van der Waals surface area contributed by atoms with Gasteiger partial charge < -0.3 is 15.2 Å². The fourth-order valence-electron chi connectivity index (χ4n) is 2.83. The van der Waals surface area contributed by atoms with Crippen molar-refractivity contribution < 1.29 is 9.84 Å². The summed E-state index contributed by atoms with van der Waals surface area (Å²) in [5.74, 6) is 0.800. The molecule has 0 spiro atoms. The molecule has 2 saturated heterocycles. The van der Waals surface area contributed by atoms with Crippen molar-refractivity contribution in [1.29, 1.82) is 0 Å². The zero-order valence-electron chi connectivity index (χ0n) is 9.48. The number of hydrogen-bond acceptors (Lipinski definition) is 4. The lowest BCUT2D eigenvalue weighted by atomic mass is 9.94. The quantitative estimate of drug-likeness (QED) is 0.673. The molecule has 0 amide bonds. The monoisotopic (exact) mass is 214 g/mol. The van der Waals surface area contributed by atoms with Crippen molar-refractivity contribution in [3.63, 3.8) is 0 Å².